The number of carboxylic acids is 1. The number of hydrogen-bond donors (Lipinski definition) is 1. The van der Waals surface area contributed by atoms with E-state index in [2.05, 4.69) is 58.9 Å². The Balaban J connectivity index is 2.25. The number of benzene rings is 1. The van der Waals surface area contributed by atoms with Gasteiger partial charge in [0.25, 0.3) is 0 Å². The van der Waals surface area contributed by atoms with Gasteiger partial charge >= 0.3 is 5.97 Å². The highest BCUT2D eigenvalue weighted by Crippen LogP contribution is 2.28. The maximum Gasteiger partial charge on any atom is 0.303 e. The normalized spacial score (nSPS) is 12.3. The number of aryl methyl sites for hydroxylation is 2. The first-order valence-electron chi connectivity index (χ1n) is 10.4. The Morgan fingerprint density at radius 1 is 0.808 bits per heavy atom. The molecule has 0 atom stereocenters. The Labute approximate surface area is 161 Å². The van der Waals surface area contributed by atoms with Crippen LogP contribution in [0.25, 0.3) is 0 Å². The standard InChI is InChI=1S/C24H40O2/c1-6-23(2,3)17-9-7-11-20-13-15-21(16-14-20)12-8-10-18-24(4,5)19-22(25)26/h13-16H,6-12,17-19H2,1-5H3,(H,25,26). The van der Waals surface area contributed by atoms with Crippen LogP contribution in [0, 0.1) is 10.8 Å². The molecule has 0 bridgehead atoms. The first kappa shape index (κ1) is 22.7. The van der Waals surface area contributed by atoms with Gasteiger partial charge < -0.3 is 5.11 Å². The van der Waals surface area contributed by atoms with Crippen molar-refractivity contribution in [2.45, 2.75) is 98.8 Å². The highest BCUT2D eigenvalue weighted by atomic mass is 16.4. The average Bonchev–Trinajstić information content (AvgIpc) is 2.56. The van der Waals surface area contributed by atoms with Gasteiger partial charge in [-0.3, -0.25) is 4.79 Å². The van der Waals surface area contributed by atoms with Gasteiger partial charge in [-0.15, -0.1) is 0 Å². The van der Waals surface area contributed by atoms with Gasteiger partial charge in [0.2, 0.25) is 0 Å². The third-order valence-corrected chi connectivity index (χ3v) is 5.75. The molecule has 0 heterocycles. The van der Waals surface area contributed by atoms with Crippen molar-refractivity contribution in [1.29, 1.82) is 0 Å². The summed E-state index contributed by atoms with van der Waals surface area (Å²) in [6.07, 6.45) is 10.9. The molecule has 2 heteroatoms. The van der Waals surface area contributed by atoms with E-state index in [4.69, 9.17) is 5.11 Å². The summed E-state index contributed by atoms with van der Waals surface area (Å²) in [6, 6.07) is 9.12. The van der Waals surface area contributed by atoms with Crippen LogP contribution < -0.4 is 0 Å². The Hall–Kier alpha value is -1.31. The summed E-state index contributed by atoms with van der Waals surface area (Å²) in [6.45, 7) is 11.1. The molecule has 1 aromatic rings. The summed E-state index contributed by atoms with van der Waals surface area (Å²) >= 11 is 0. The maximum absolute atomic E-state index is 10.9. The summed E-state index contributed by atoms with van der Waals surface area (Å²) in [7, 11) is 0. The van der Waals surface area contributed by atoms with Gasteiger partial charge in [0.05, 0.1) is 6.42 Å². The lowest BCUT2D eigenvalue weighted by molar-refractivity contribution is -0.139. The summed E-state index contributed by atoms with van der Waals surface area (Å²) in [5.74, 6) is -0.691. The van der Waals surface area contributed by atoms with Crippen molar-refractivity contribution >= 4 is 5.97 Å². The number of hydrogen-bond acceptors (Lipinski definition) is 1. The quantitative estimate of drug-likeness (QED) is 0.383. The van der Waals surface area contributed by atoms with Crippen molar-refractivity contribution in [2.75, 3.05) is 0 Å². The molecule has 0 spiro atoms. The largest absolute Gasteiger partial charge is 0.481 e. The molecule has 1 aromatic carbocycles. The van der Waals surface area contributed by atoms with E-state index in [0.29, 0.717) is 5.41 Å². The van der Waals surface area contributed by atoms with E-state index in [9.17, 15) is 4.79 Å². The molecular weight excluding hydrogens is 320 g/mol. The predicted molar refractivity (Wildman–Crippen MR) is 112 cm³/mol. The van der Waals surface area contributed by atoms with Crippen molar-refractivity contribution in [2.24, 2.45) is 10.8 Å². The van der Waals surface area contributed by atoms with Crippen molar-refractivity contribution in [3.8, 4) is 0 Å². The van der Waals surface area contributed by atoms with Crippen LogP contribution in [0.2, 0.25) is 0 Å². The second kappa shape index (κ2) is 10.7. The lowest BCUT2D eigenvalue weighted by Crippen LogP contribution is -2.16. The molecule has 0 saturated carbocycles. The molecule has 0 radical (unpaired) electrons. The van der Waals surface area contributed by atoms with Crippen LogP contribution in [0.5, 0.6) is 0 Å². The van der Waals surface area contributed by atoms with Crippen LogP contribution in [-0.4, -0.2) is 11.1 Å². The third kappa shape index (κ3) is 9.99. The van der Waals surface area contributed by atoms with Crippen LogP contribution in [0.15, 0.2) is 24.3 Å². The summed E-state index contributed by atoms with van der Waals surface area (Å²) in [5, 5.41) is 8.94. The fourth-order valence-electron chi connectivity index (χ4n) is 3.41. The lowest BCUT2D eigenvalue weighted by Gasteiger charge is -2.22. The molecule has 0 saturated heterocycles. The fourth-order valence-corrected chi connectivity index (χ4v) is 3.41. The summed E-state index contributed by atoms with van der Waals surface area (Å²) in [4.78, 5) is 10.9. The molecule has 0 amide bonds. The molecule has 0 aromatic heterocycles. The van der Waals surface area contributed by atoms with Gasteiger partial charge in [0, 0.05) is 0 Å². The third-order valence-electron chi connectivity index (χ3n) is 5.75. The van der Waals surface area contributed by atoms with Crippen molar-refractivity contribution < 1.29 is 9.90 Å². The van der Waals surface area contributed by atoms with Gasteiger partial charge in [0.15, 0.2) is 0 Å². The van der Waals surface area contributed by atoms with E-state index < -0.39 is 5.97 Å². The lowest BCUT2D eigenvalue weighted by atomic mass is 9.83. The van der Waals surface area contributed by atoms with Crippen molar-refractivity contribution in [1.82, 2.24) is 0 Å². The van der Waals surface area contributed by atoms with Gasteiger partial charge in [-0.2, -0.15) is 0 Å². The first-order valence-corrected chi connectivity index (χ1v) is 10.4. The number of aliphatic carboxylic acids is 1. The van der Waals surface area contributed by atoms with E-state index in [0.717, 1.165) is 25.7 Å². The monoisotopic (exact) mass is 360 g/mol. The Kier molecular flexibility index (Phi) is 9.39. The molecule has 26 heavy (non-hydrogen) atoms. The van der Waals surface area contributed by atoms with Crippen LogP contribution in [0.1, 0.15) is 97.1 Å². The topological polar surface area (TPSA) is 37.3 Å². The first-order chi connectivity index (χ1) is 12.1. The Bertz CT molecular complexity index is 526. The minimum atomic E-state index is -0.691. The van der Waals surface area contributed by atoms with Gasteiger partial charge in [-0.25, -0.2) is 0 Å². The number of rotatable bonds is 13. The summed E-state index contributed by atoms with van der Waals surface area (Å²) in [5.41, 5.74) is 3.24. The SMILES string of the molecule is CCC(C)(C)CCCCc1ccc(CCCCC(C)(C)CC(=O)O)cc1. The molecule has 0 unspecified atom stereocenters. The highest BCUT2D eigenvalue weighted by molar-refractivity contribution is 5.67. The minimum Gasteiger partial charge on any atom is -0.481 e. The van der Waals surface area contributed by atoms with Gasteiger partial charge in [0.1, 0.15) is 0 Å². The molecule has 0 aliphatic heterocycles. The van der Waals surface area contributed by atoms with Crippen LogP contribution >= 0.6 is 0 Å². The van der Waals surface area contributed by atoms with E-state index >= 15 is 0 Å². The zero-order chi connectivity index (χ0) is 19.6. The highest BCUT2D eigenvalue weighted by Gasteiger charge is 2.20. The Morgan fingerprint density at radius 2 is 1.23 bits per heavy atom. The fraction of sp³-hybridized carbons (Fsp3) is 0.708. The number of unbranched alkanes of at least 4 members (excludes halogenated alkanes) is 2. The van der Waals surface area contributed by atoms with Crippen molar-refractivity contribution in [3.63, 3.8) is 0 Å². The van der Waals surface area contributed by atoms with Crippen LogP contribution in [0.3, 0.4) is 0 Å². The molecule has 0 fully saturated rings. The Morgan fingerprint density at radius 3 is 1.62 bits per heavy atom. The minimum absolute atomic E-state index is 0.0952. The molecule has 0 aliphatic carbocycles. The van der Waals surface area contributed by atoms with Crippen LogP contribution in [-0.2, 0) is 17.6 Å². The molecule has 148 valence electrons. The van der Waals surface area contributed by atoms with Crippen LogP contribution in [0.4, 0.5) is 0 Å². The van der Waals surface area contributed by atoms with Crippen molar-refractivity contribution in [3.05, 3.63) is 35.4 Å². The maximum atomic E-state index is 10.9. The predicted octanol–water partition coefficient (Wildman–Crippen LogP) is 7.05. The smallest absolute Gasteiger partial charge is 0.303 e. The van der Waals surface area contributed by atoms with Gasteiger partial charge in [-0.1, -0.05) is 78.1 Å². The van der Waals surface area contributed by atoms with E-state index in [-0.39, 0.29) is 11.8 Å². The van der Waals surface area contributed by atoms with E-state index in [1.54, 1.807) is 0 Å². The van der Waals surface area contributed by atoms with E-state index in [1.165, 1.54) is 43.2 Å². The number of carbonyl (C=O) groups is 1. The average molecular weight is 361 g/mol. The summed E-state index contributed by atoms with van der Waals surface area (Å²) < 4.78 is 0. The van der Waals surface area contributed by atoms with E-state index in [1.807, 2.05) is 0 Å². The molecule has 0 aliphatic rings. The molecule has 1 rings (SSSR count). The number of carboxylic acid groups (broad SMARTS) is 1. The molecule has 1 N–H and O–H groups in total. The zero-order valence-electron chi connectivity index (χ0n) is 17.7. The molecule has 2 nitrogen and oxygen atoms in total. The van der Waals surface area contributed by atoms with Gasteiger partial charge in [-0.05, 0) is 60.5 Å². The zero-order valence-corrected chi connectivity index (χ0v) is 17.7. The second-order valence-electron chi connectivity index (χ2n) is 9.48. The second-order valence-corrected chi connectivity index (χ2v) is 9.48. The molecular formula is C24H40O2.